The van der Waals surface area contributed by atoms with E-state index in [0.717, 1.165) is 5.75 Å². The maximum Gasteiger partial charge on any atom is 0.119 e. The highest BCUT2D eigenvalue weighted by Crippen LogP contribution is 2.31. The van der Waals surface area contributed by atoms with Crippen LogP contribution in [0.15, 0.2) is 72.8 Å². The summed E-state index contributed by atoms with van der Waals surface area (Å²) in [6, 6.07) is 21.9. The quantitative estimate of drug-likeness (QED) is 0.211. The Morgan fingerprint density at radius 3 is 2.07 bits per heavy atom. The van der Waals surface area contributed by atoms with Gasteiger partial charge in [-0.3, -0.25) is 0 Å². The first-order chi connectivity index (χ1) is 14.8. The van der Waals surface area contributed by atoms with Crippen molar-refractivity contribution < 1.29 is 4.74 Å². The van der Waals surface area contributed by atoms with Crippen molar-refractivity contribution in [1.82, 2.24) is 0 Å². The van der Waals surface area contributed by atoms with Crippen LogP contribution in [0, 0.1) is 0 Å². The fraction of sp³-hybridized carbons (Fsp3) is 0.357. The molecule has 0 aliphatic carbocycles. The van der Waals surface area contributed by atoms with Gasteiger partial charge in [-0.25, -0.2) is 0 Å². The number of allylic oxidation sites excluding steroid dienone is 1. The molecule has 0 atom stereocenters. The van der Waals surface area contributed by atoms with Gasteiger partial charge >= 0.3 is 0 Å². The van der Waals surface area contributed by atoms with Gasteiger partial charge in [0, 0.05) is 9.75 Å². The van der Waals surface area contributed by atoms with Gasteiger partial charge in [0.2, 0.25) is 0 Å². The molecule has 0 fully saturated rings. The van der Waals surface area contributed by atoms with Crippen LogP contribution in [0.1, 0.15) is 57.2 Å². The topological polar surface area (TPSA) is 9.23 Å². The number of unbranched alkanes of at least 4 members (excludes halogenated alkanes) is 5. The first-order valence-electron chi connectivity index (χ1n) is 11.3. The van der Waals surface area contributed by atoms with Gasteiger partial charge in [-0.15, -0.1) is 11.3 Å². The molecule has 30 heavy (non-hydrogen) atoms. The average molecular weight is 419 g/mol. The van der Waals surface area contributed by atoms with Gasteiger partial charge in [0.15, 0.2) is 0 Å². The maximum absolute atomic E-state index is 5.68. The van der Waals surface area contributed by atoms with E-state index in [1.165, 1.54) is 71.4 Å². The summed E-state index contributed by atoms with van der Waals surface area (Å²) in [5.74, 6) is 0.907. The summed E-state index contributed by atoms with van der Waals surface area (Å²) in [4.78, 5) is 2.88. The minimum absolute atomic E-state index is 0.617. The largest absolute Gasteiger partial charge is 0.490 e. The zero-order valence-electron chi connectivity index (χ0n) is 18.4. The third-order valence-corrected chi connectivity index (χ3v) is 6.57. The number of rotatable bonds is 12. The number of hydrogen-bond acceptors (Lipinski definition) is 2. The summed E-state index contributed by atoms with van der Waals surface area (Å²) in [6.07, 6.45) is 13.4. The molecule has 0 saturated carbocycles. The van der Waals surface area contributed by atoms with E-state index >= 15 is 0 Å². The lowest BCUT2D eigenvalue weighted by Crippen LogP contribution is -1.92. The monoisotopic (exact) mass is 418 g/mol. The minimum atomic E-state index is 0.617. The molecule has 0 aliphatic rings. The van der Waals surface area contributed by atoms with Crippen molar-refractivity contribution in [2.75, 3.05) is 6.61 Å². The van der Waals surface area contributed by atoms with E-state index in [2.05, 4.69) is 55.5 Å². The minimum Gasteiger partial charge on any atom is -0.490 e. The zero-order chi connectivity index (χ0) is 21.0. The predicted octanol–water partition coefficient (Wildman–Crippen LogP) is 8.94. The van der Waals surface area contributed by atoms with Gasteiger partial charge in [-0.1, -0.05) is 87.6 Å². The van der Waals surface area contributed by atoms with Gasteiger partial charge < -0.3 is 4.74 Å². The number of thiophene rings is 1. The van der Waals surface area contributed by atoms with Crippen molar-refractivity contribution in [3.8, 4) is 27.3 Å². The molecular formula is C28H34OS. The lowest BCUT2D eigenvalue weighted by molar-refractivity contribution is 0.363. The van der Waals surface area contributed by atoms with Crippen molar-refractivity contribution in [3.63, 3.8) is 0 Å². The van der Waals surface area contributed by atoms with Crippen molar-refractivity contribution in [1.29, 1.82) is 0 Å². The molecule has 0 N–H and O–H groups in total. The summed E-state index contributed by atoms with van der Waals surface area (Å²) < 4.78 is 5.68. The first-order valence-corrected chi connectivity index (χ1v) is 12.2. The van der Waals surface area contributed by atoms with E-state index in [0.29, 0.717) is 6.61 Å². The van der Waals surface area contributed by atoms with Crippen LogP contribution in [0.4, 0.5) is 0 Å². The van der Waals surface area contributed by atoms with Crippen LogP contribution in [0.25, 0.3) is 21.6 Å². The fourth-order valence-corrected chi connectivity index (χ4v) is 4.61. The molecule has 1 heterocycles. The van der Waals surface area contributed by atoms with Gasteiger partial charge in [0.1, 0.15) is 12.4 Å². The van der Waals surface area contributed by atoms with Crippen molar-refractivity contribution in [2.24, 2.45) is 0 Å². The second-order valence-electron chi connectivity index (χ2n) is 7.77. The Morgan fingerprint density at radius 1 is 0.733 bits per heavy atom. The molecule has 0 spiro atoms. The smallest absolute Gasteiger partial charge is 0.119 e. The lowest BCUT2D eigenvalue weighted by atomic mass is 10.0. The molecule has 3 rings (SSSR count). The molecule has 0 saturated heterocycles. The van der Waals surface area contributed by atoms with Gasteiger partial charge in [-0.2, -0.15) is 0 Å². The summed E-state index contributed by atoms with van der Waals surface area (Å²) in [5, 5.41) is 0. The normalized spacial score (nSPS) is 11.3. The van der Waals surface area contributed by atoms with Gasteiger partial charge in [-0.05, 0) is 60.7 Å². The summed E-state index contributed by atoms with van der Waals surface area (Å²) in [7, 11) is 0. The molecule has 2 aromatic carbocycles. The molecule has 0 bridgehead atoms. The Bertz CT molecular complexity index is 887. The summed E-state index contributed by atoms with van der Waals surface area (Å²) >= 11 is 1.95. The zero-order valence-corrected chi connectivity index (χ0v) is 19.2. The number of aryl methyl sites for hydroxylation is 1. The van der Waals surface area contributed by atoms with Gasteiger partial charge in [0.25, 0.3) is 0 Å². The van der Waals surface area contributed by atoms with Crippen LogP contribution in [0.2, 0.25) is 0 Å². The molecule has 0 unspecified atom stereocenters. The number of hydrogen-bond donors (Lipinski definition) is 0. The van der Waals surface area contributed by atoms with Crippen LogP contribution in [-0.4, -0.2) is 6.61 Å². The van der Waals surface area contributed by atoms with Crippen molar-refractivity contribution >= 4 is 11.3 Å². The Morgan fingerprint density at radius 2 is 1.37 bits per heavy atom. The van der Waals surface area contributed by atoms with E-state index in [1.807, 2.05) is 42.5 Å². The highest BCUT2D eigenvalue weighted by Gasteiger charge is 2.05. The Balaban J connectivity index is 1.53. The lowest BCUT2D eigenvalue weighted by Gasteiger charge is -2.06. The van der Waals surface area contributed by atoms with E-state index in [1.54, 1.807) is 0 Å². The predicted molar refractivity (Wildman–Crippen MR) is 133 cm³/mol. The summed E-state index contributed by atoms with van der Waals surface area (Å²) in [5.41, 5.74) is 3.77. The first kappa shape index (κ1) is 22.4. The van der Waals surface area contributed by atoms with Crippen molar-refractivity contribution in [2.45, 2.75) is 58.8 Å². The van der Waals surface area contributed by atoms with Crippen LogP contribution >= 0.6 is 11.3 Å². The Labute approximate surface area is 186 Å². The number of benzene rings is 2. The van der Waals surface area contributed by atoms with Crippen LogP contribution in [-0.2, 0) is 6.42 Å². The molecule has 0 amide bonds. The van der Waals surface area contributed by atoms with E-state index in [9.17, 15) is 0 Å². The third-order valence-electron chi connectivity index (χ3n) is 5.38. The molecule has 158 valence electrons. The van der Waals surface area contributed by atoms with E-state index in [4.69, 9.17) is 4.74 Å². The van der Waals surface area contributed by atoms with E-state index in [-0.39, 0.29) is 0 Å². The van der Waals surface area contributed by atoms with Gasteiger partial charge in [0.05, 0.1) is 0 Å². The molecule has 0 radical (unpaired) electrons. The summed E-state index contributed by atoms with van der Waals surface area (Å²) in [6.45, 7) is 4.90. The second-order valence-corrected chi connectivity index (χ2v) is 8.93. The van der Waals surface area contributed by atoms with Crippen molar-refractivity contribution in [3.05, 3.63) is 77.7 Å². The molecular weight excluding hydrogens is 384 g/mol. The highest BCUT2D eigenvalue weighted by atomic mass is 32.1. The second kappa shape index (κ2) is 12.4. The van der Waals surface area contributed by atoms with E-state index < -0.39 is 0 Å². The molecule has 2 heteroatoms. The standard InChI is InChI=1S/C28H34OS/c1-3-5-7-8-9-10-11-27-20-21-28(30-27)25-14-12-23(13-15-25)24-16-18-26(19-17-24)29-22-6-4-2/h4,6,12-21H,3,5,7-11,22H2,1-2H3/b6-4+. The SMILES string of the molecule is C/C=C/COc1ccc(-c2ccc(-c3ccc(CCCCCCCC)s3)cc2)cc1. The molecule has 1 aromatic heterocycles. The number of ether oxygens (including phenoxy) is 1. The maximum atomic E-state index is 5.68. The van der Waals surface area contributed by atoms with Crippen LogP contribution < -0.4 is 4.74 Å². The van der Waals surface area contributed by atoms with Crippen LogP contribution in [0.3, 0.4) is 0 Å². The third kappa shape index (κ3) is 6.88. The molecule has 0 aliphatic heterocycles. The Hall–Kier alpha value is -2.32. The highest BCUT2D eigenvalue weighted by molar-refractivity contribution is 7.15. The Kier molecular flexibility index (Phi) is 9.24. The fourth-order valence-electron chi connectivity index (χ4n) is 3.56. The molecule has 3 aromatic rings. The van der Waals surface area contributed by atoms with Crippen LogP contribution in [0.5, 0.6) is 5.75 Å². The average Bonchev–Trinajstić information content (AvgIpc) is 3.26. The molecule has 1 nitrogen and oxygen atoms in total.